The molecule has 3 heteroatoms. The predicted octanol–water partition coefficient (Wildman–Crippen LogP) is 3.12. The van der Waals surface area contributed by atoms with Crippen LogP contribution < -0.4 is 10.6 Å². The van der Waals surface area contributed by atoms with Crippen LogP contribution in [-0.4, -0.2) is 19.5 Å². The zero-order valence-corrected chi connectivity index (χ0v) is 13.5. The molecule has 0 aliphatic carbocycles. The first kappa shape index (κ1) is 16.2. The SMILES string of the molecule is CNCCC(=O)NC(c1cccc(C)c1)c1cccc(C)c1. The first-order valence-electron chi connectivity index (χ1n) is 7.67. The van der Waals surface area contributed by atoms with Crippen LogP contribution in [0.15, 0.2) is 48.5 Å². The number of benzene rings is 2. The number of nitrogens with one attached hydrogen (secondary N) is 2. The van der Waals surface area contributed by atoms with Crippen LogP contribution in [0.5, 0.6) is 0 Å². The lowest BCUT2D eigenvalue weighted by atomic mass is 9.96. The van der Waals surface area contributed by atoms with Crippen LogP contribution >= 0.6 is 0 Å². The molecule has 0 aliphatic heterocycles. The van der Waals surface area contributed by atoms with E-state index in [1.165, 1.54) is 11.1 Å². The van der Waals surface area contributed by atoms with Gasteiger partial charge in [0.15, 0.2) is 0 Å². The van der Waals surface area contributed by atoms with Crippen molar-refractivity contribution in [2.24, 2.45) is 0 Å². The van der Waals surface area contributed by atoms with E-state index >= 15 is 0 Å². The molecule has 0 bridgehead atoms. The highest BCUT2D eigenvalue weighted by atomic mass is 16.1. The van der Waals surface area contributed by atoms with Gasteiger partial charge in [-0.2, -0.15) is 0 Å². The summed E-state index contributed by atoms with van der Waals surface area (Å²) in [6.45, 7) is 4.82. The molecule has 3 nitrogen and oxygen atoms in total. The van der Waals surface area contributed by atoms with E-state index in [1.807, 2.05) is 19.2 Å². The van der Waals surface area contributed by atoms with Gasteiger partial charge in [-0.3, -0.25) is 4.79 Å². The van der Waals surface area contributed by atoms with Gasteiger partial charge >= 0.3 is 0 Å². The summed E-state index contributed by atoms with van der Waals surface area (Å²) in [7, 11) is 1.85. The van der Waals surface area contributed by atoms with Crippen LogP contribution in [0.4, 0.5) is 0 Å². The third kappa shape index (κ3) is 4.43. The molecule has 2 rings (SSSR count). The van der Waals surface area contributed by atoms with Gasteiger partial charge in [-0.05, 0) is 32.0 Å². The predicted molar refractivity (Wildman–Crippen MR) is 90.9 cm³/mol. The summed E-state index contributed by atoms with van der Waals surface area (Å²) in [6.07, 6.45) is 0.477. The highest BCUT2D eigenvalue weighted by molar-refractivity contribution is 5.77. The van der Waals surface area contributed by atoms with E-state index in [1.54, 1.807) is 0 Å². The van der Waals surface area contributed by atoms with Crippen molar-refractivity contribution in [1.82, 2.24) is 10.6 Å². The number of amides is 1. The molecule has 2 aromatic rings. The maximum absolute atomic E-state index is 12.2. The van der Waals surface area contributed by atoms with E-state index in [0.717, 1.165) is 11.1 Å². The second-order valence-electron chi connectivity index (χ2n) is 5.68. The second-order valence-corrected chi connectivity index (χ2v) is 5.68. The highest BCUT2D eigenvalue weighted by Crippen LogP contribution is 2.23. The second kappa shape index (κ2) is 7.76. The van der Waals surface area contributed by atoms with Crippen molar-refractivity contribution in [2.75, 3.05) is 13.6 Å². The molecule has 0 unspecified atom stereocenters. The van der Waals surface area contributed by atoms with Gasteiger partial charge < -0.3 is 10.6 Å². The first-order chi connectivity index (χ1) is 10.6. The van der Waals surface area contributed by atoms with Gasteiger partial charge in [0.2, 0.25) is 5.91 Å². The summed E-state index contributed by atoms with van der Waals surface area (Å²) < 4.78 is 0. The summed E-state index contributed by atoms with van der Waals surface area (Å²) in [5.41, 5.74) is 4.62. The molecule has 0 saturated carbocycles. The fourth-order valence-corrected chi connectivity index (χ4v) is 2.53. The van der Waals surface area contributed by atoms with Crippen LogP contribution in [0.25, 0.3) is 0 Å². The van der Waals surface area contributed by atoms with E-state index in [0.29, 0.717) is 13.0 Å². The summed E-state index contributed by atoms with van der Waals surface area (Å²) in [5.74, 6) is 0.0577. The van der Waals surface area contributed by atoms with Gasteiger partial charge in [-0.1, -0.05) is 59.7 Å². The van der Waals surface area contributed by atoms with Gasteiger partial charge in [0, 0.05) is 13.0 Å². The Labute approximate surface area is 132 Å². The quantitative estimate of drug-likeness (QED) is 0.860. The molecule has 22 heavy (non-hydrogen) atoms. The largest absolute Gasteiger partial charge is 0.345 e. The monoisotopic (exact) mass is 296 g/mol. The van der Waals surface area contributed by atoms with Crippen molar-refractivity contribution in [3.8, 4) is 0 Å². The van der Waals surface area contributed by atoms with Gasteiger partial charge in [-0.25, -0.2) is 0 Å². The van der Waals surface area contributed by atoms with Crippen molar-refractivity contribution in [3.63, 3.8) is 0 Å². The molecular formula is C19H24N2O. The van der Waals surface area contributed by atoms with Crippen LogP contribution in [0.2, 0.25) is 0 Å². The zero-order valence-electron chi connectivity index (χ0n) is 13.5. The fourth-order valence-electron chi connectivity index (χ4n) is 2.53. The van der Waals surface area contributed by atoms with E-state index in [2.05, 4.69) is 60.9 Å². The minimum absolute atomic E-state index is 0.0577. The van der Waals surface area contributed by atoms with E-state index < -0.39 is 0 Å². The Kier molecular flexibility index (Phi) is 5.73. The summed E-state index contributed by atoms with van der Waals surface area (Å²) in [6, 6.07) is 16.5. The van der Waals surface area contributed by atoms with Gasteiger partial charge in [0.25, 0.3) is 0 Å². The van der Waals surface area contributed by atoms with Crippen molar-refractivity contribution in [2.45, 2.75) is 26.3 Å². The standard InChI is InChI=1S/C19H24N2O/c1-14-6-4-8-16(12-14)19(21-18(22)10-11-20-3)17-9-5-7-15(2)13-17/h4-9,12-13,19-20H,10-11H2,1-3H3,(H,21,22). The van der Waals surface area contributed by atoms with Crippen LogP contribution in [-0.2, 0) is 4.79 Å². The first-order valence-corrected chi connectivity index (χ1v) is 7.67. The Morgan fingerprint density at radius 1 is 1.00 bits per heavy atom. The molecule has 0 fully saturated rings. The number of rotatable bonds is 6. The average Bonchev–Trinajstić information content (AvgIpc) is 2.50. The number of carbonyl (C=O) groups excluding carboxylic acids is 1. The lowest BCUT2D eigenvalue weighted by molar-refractivity contribution is -0.121. The maximum Gasteiger partial charge on any atom is 0.222 e. The molecule has 0 radical (unpaired) electrons. The Bertz CT molecular complexity index is 591. The smallest absolute Gasteiger partial charge is 0.222 e. The molecule has 0 heterocycles. The summed E-state index contributed by atoms with van der Waals surface area (Å²) in [5, 5.41) is 6.17. The van der Waals surface area contributed by atoms with Crippen molar-refractivity contribution < 1.29 is 4.79 Å². The third-order valence-electron chi connectivity index (χ3n) is 3.66. The molecular weight excluding hydrogens is 272 g/mol. The summed E-state index contributed by atoms with van der Waals surface area (Å²) in [4.78, 5) is 12.2. The van der Waals surface area contributed by atoms with Crippen LogP contribution in [0, 0.1) is 13.8 Å². The normalized spacial score (nSPS) is 10.7. The molecule has 1 amide bonds. The maximum atomic E-state index is 12.2. The Morgan fingerprint density at radius 3 is 2.00 bits per heavy atom. The van der Waals surface area contributed by atoms with Gasteiger partial charge in [0.1, 0.15) is 0 Å². The molecule has 0 saturated heterocycles. The van der Waals surface area contributed by atoms with E-state index in [9.17, 15) is 4.79 Å². The van der Waals surface area contributed by atoms with E-state index in [-0.39, 0.29) is 11.9 Å². The molecule has 2 aromatic carbocycles. The fraction of sp³-hybridized carbons (Fsp3) is 0.316. The zero-order chi connectivity index (χ0) is 15.9. The number of aryl methyl sites for hydroxylation is 2. The van der Waals surface area contributed by atoms with Crippen molar-refractivity contribution in [1.29, 1.82) is 0 Å². The Morgan fingerprint density at radius 2 is 1.55 bits per heavy atom. The minimum atomic E-state index is -0.107. The molecule has 0 aliphatic rings. The van der Waals surface area contributed by atoms with Crippen molar-refractivity contribution in [3.05, 3.63) is 70.8 Å². The number of hydrogen-bond donors (Lipinski definition) is 2. The molecule has 0 spiro atoms. The molecule has 0 atom stereocenters. The lowest BCUT2D eigenvalue weighted by Gasteiger charge is -2.21. The average molecular weight is 296 g/mol. The topological polar surface area (TPSA) is 41.1 Å². The minimum Gasteiger partial charge on any atom is -0.345 e. The van der Waals surface area contributed by atoms with Gasteiger partial charge in [0.05, 0.1) is 6.04 Å². The molecule has 116 valence electrons. The Hall–Kier alpha value is -2.13. The van der Waals surface area contributed by atoms with E-state index in [4.69, 9.17) is 0 Å². The lowest BCUT2D eigenvalue weighted by Crippen LogP contribution is -2.31. The van der Waals surface area contributed by atoms with Gasteiger partial charge in [-0.15, -0.1) is 0 Å². The van der Waals surface area contributed by atoms with Crippen LogP contribution in [0.3, 0.4) is 0 Å². The summed E-state index contributed by atoms with van der Waals surface area (Å²) >= 11 is 0. The van der Waals surface area contributed by atoms with Crippen LogP contribution in [0.1, 0.15) is 34.7 Å². The third-order valence-corrected chi connectivity index (χ3v) is 3.66. The van der Waals surface area contributed by atoms with Crippen molar-refractivity contribution >= 4 is 5.91 Å². The number of carbonyl (C=O) groups is 1. The Balaban J connectivity index is 2.30. The highest BCUT2D eigenvalue weighted by Gasteiger charge is 2.16. The molecule has 2 N–H and O–H groups in total. The number of hydrogen-bond acceptors (Lipinski definition) is 2. The molecule has 0 aromatic heterocycles.